The molecule has 1 aliphatic heterocycles. The standard InChI is InChI=1S/C18H23N5O4S/c1-10(2)19-18(24)27-13-5-3-11(7-13)14-9-17(22-21-14)20-12-4-6-16-15(8-12)23-28(16,25)26/h4,6,8-11,13,23H,3,5,7H2,1-2H3,(H,19,24)(H2,20,21,22)/t11-,13+/m0/s1. The molecule has 4 rings (SSSR count). The molecule has 4 N–H and O–H groups in total. The molecule has 0 saturated heterocycles. The van der Waals surface area contributed by atoms with Crippen LogP contribution in [-0.2, 0) is 14.8 Å². The second-order valence-electron chi connectivity index (χ2n) is 7.49. The van der Waals surface area contributed by atoms with Gasteiger partial charge in [0.2, 0.25) is 0 Å². The van der Waals surface area contributed by atoms with Gasteiger partial charge >= 0.3 is 6.09 Å². The highest BCUT2D eigenvalue weighted by Crippen LogP contribution is 2.37. The van der Waals surface area contributed by atoms with Crippen molar-refractivity contribution >= 4 is 33.3 Å². The van der Waals surface area contributed by atoms with E-state index in [4.69, 9.17) is 4.74 Å². The molecule has 150 valence electrons. The van der Waals surface area contributed by atoms with Gasteiger partial charge in [0.15, 0.2) is 5.82 Å². The molecular weight excluding hydrogens is 382 g/mol. The topological polar surface area (TPSA) is 125 Å². The van der Waals surface area contributed by atoms with Gasteiger partial charge in [-0.25, -0.2) is 13.2 Å². The lowest BCUT2D eigenvalue weighted by atomic mass is 10.0. The van der Waals surface area contributed by atoms with Crippen molar-refractivity contribution in [1.82, 2.24) is 15.5 Å². The highest BCUT2D eigenvalue weighted by Gasteiger charge is 2.31. The maximum atomic E-state index is 11.8. The molecule has 1 saturated carbocycles. The van der Waals surface area contributed by atoms with E-state index in [0.29, 0.717) is 16.4 Å². The van der Waals surface area contributed by atoms with Crippen LogP contribution in [-0.4, -0.2) is 36.9 Å². The van der Waals surface area contributed by atoms with E-state index in [9.17, 15) is 13.2 Å². The number of rotatable bonds is 5. The van der Waals surface area contributed by atoms with Gasteiger partial charge in [-0.05, 0) is 51.3 Å². The average Bonchev–Trinajstić information content (AvgIpc) is 3.22. The van der Waals surface area contributed by atoms with Gasteiger partial charge in [0.05, 0.1) is 5.69 Å². The fraction of sp³-hybridized carbons (Fsp3) is 0.444. The highest BCUT2D eigenvalue weighted by molar-refractivity contribution is 7.94. The van der Waals surface area contributed by atoms with E-state index < -0.39 is 10.0 Å². The predicted molar refractivity (Wildman–Crippen MR) is 104 cm³/mol. The number of anilines is 3. The van der Waals surface area contributed by atoms with Crippen LogP contribution in [0.5, 0.6) is 0 Å². The Morgan fingerprint density at radius 2 is 2.11 bits per heavy atom. The van der Waals surface area contributed by atoms with Crippen molar-refractivity contribution < 1.29 is 17.9 Å². The molecule has 0 bridgehead atoms. The normalized spacial score (nSPS) is 22.1. The molecule has 10 heteroatoms. The van der Waals surface area contributed by atoms with Crippen molar-refractivity contribution in [3.05, 3.63) is 30.0 Å². The third-order valence-electron chi connectivity index (χ3n) is 4.89. The number of H-pyrrole nitrogens is 1. The molecule has 0 radical (unpaired) electrons. The number of hydrogen-bond donors (Lipinski definition) is 4. The van der Waals surface area contributed by atoms with E-state index in [0.717, 1.165) is 30.6 Å². The molecule has 28 heavy (non-hydrogen) atoms. The molecule has 9 nitrogen and oxygen atoms in total. The lowest BCUT2D eigenvalue weighted by Gasteiger charge is -2.21. The molecule has 1 aliphatic carbocycles. The summed E-state index contributed by atoms with van der Waals surface area (Å²) in [6.07, 6.45) is 2.03. The van der Waals surface area contributed by atoms with Crippen LogP contribution in [0, 0.1) is 0 Å². The number of benzene rings is 1. The summed E-state index contributed by atoms with van der Waals surface area (Å²) in [6, 6.07) is 7.00. The number of aromatic amines is 1. The molecule has 2 atom stereocenters. The summed E-state index contributed by atoms with van der Waals surface area (Å²) < 4.78 is 30.9. The minimum atomic E-state index is -3.30. The Hall–Kier alpha value is -2.75. The first-order valence-corrected chi connectivity index (χ1v) is 10.7. The summed E-state index contributed by atoms with van der Waals surface area (Å²) >= 11 is 0. The minimum absolute atomic E-state index is 0.0520. The minimum Gasteiger partial charge on any atom is -0.446 e. The zero-order valence-electron chi connectivity index (χ0n) is 15.7. The molecule has 2 aromatic rings. The fourth-order valence-electron chi connectivity index (χ4n) is 3.58. The van der Waals surface area contributed by atoms with Crippen LogP contribution < -0.4 is 15.4 Å². The largest absolute Gasteiger partial charge is 0.446 e. The maximum Gasteiger partial charge on any atom is 0.407 e. The summed E-state index contributed by atoms with van der Waals surface area (Å²) in [7, 11) is -3.30. The summed E-state index contributed by atoms with van der Waals surface area (Å²) in [4.78, 5) is 12.1. The smallest absolute Gasteiger partial charge is 0.407 e. The number of aromatic nitrogens is 2. The molecule has 1 amide bonds. The number of hydrogen-bond acceptors (Lipinski definition) is 6. The number of nitrogens with one attached hydrogen (secondary N) is 4. The van der Waals surface area contributed by atoms with E-state index in [1.54, 1.807) is 18.2 Å². The number of amides is 1. The first kappa shape index (κ1) is 18.6. The lowest BCUT2D eigenvalue weighted by Crippen LogP contribution is -2.33. The van der Waals surface area contributed by atoms with E-state index >= 15 is 0 Å². The fourth-order valence-corrected chi connectivity index (χ4v) is 4.65. The first-order valence-electron chi connectivity index (χ1n) is 9.26. The van der Waals surface area contributed by atoms with Gasteiger partial charge in [0.1, 0.15) is 11.0 Å². The van der Waals surface area contributed by atoms with E-state index in [2.05, 4.69) is 25.6 Å². The van der Waals surface area contributed by atoms with Crippen LogP contribution in [0.4, 0.5) is 22.0 Å². The molecule has 1 fully saturated rings. The van der Waals surface area contributed by atoms with Crippen LogP contribution in [0.2, 0.25) is 0 Å². The second kappa shape index (κ2) is 7.01. The van der Waals surface area contributed by atoms with Crippen LogP contribution in [0.15, 0.2) is 29.2 Å². The van der Waals surface area contributed by atoms with Crippen LogP contribution in [0.3, 0.4) is 0 Å². The zero-order chi connectivity index (χ0) is 19.9. The maximum absolute atomic E-state index is 11.8. The van der Waals surface area contributed by atoms with Gasteiger partial charge in [-0.1, -0.05) is 0 Å². The Balaban J connectivity index is 1.35. The molecule has 1 aromatic carbocycles. The second-order valence-corrected chi connectivity index (χ2v) is 9.14. The third kappa shape index (κ3) is 3.77. The molecule has 1 aromatic heterocycles. The van der Waals surface area contributed by atoms with E-state index in [-0.39, 0.29) is 24.2 Å². The van der Waals surface area contributed by atoms with Crippen LogP contribution in [0.25, 0.3) is 0 Å². The molecule has 2 aliphatic rings. The summed E-state index contributed by atoms with van der Waals surface area (Å²) in [6.45, 7) is 3.79. The predicted octanol–water partition coefficient (Wildman–Crippen LogP) is 3.04. The van der Waals surface area contributed by atoms with Crippen molar-refractivity contribution in [3.63, 3.8) is 0 Å². The number of sulfonamides is 1. The van der Waals surface area contributed by atoms with Gasteiger partial charge in [0.25, 0.3) is 10.0 Å². The quantitative estimate of drug-likeness (QED) is 0.606. The average molecular weight is 405 g/mol. The number of alkyl carbamates (subject to hydrolysis) is 1. The van der Waals surface area contributed by atoms with Gasteiger partial charge in [0, 0.05) is 29.4 Å². The highest BCUT2D eigenvalue weighted by atomic mass is 32.2. The van der Waals surface area contributed by atoms with Crippen LogP contribution >= 0.6 is 0 Å². The molecule has 2 heterocycles. The Bertz CT molecular complexity index is 1000. The first-order chi connectivity index (χ1) is 13.3. The van der Waals surface area contributed by atoms with Crippen molar-refractivity contribution in [2.45, 2.75) is 56.1 Å². The zero-order valence-corrected chi connectivity index (χ0v) is 16.5. The van der Waals surface area contributed by atoms with Gasteiger partial charge in [-0.3, -0.25) is 9.82 Å². The van der Waals surface area contributed by atoms with Crippen molar-refractivity contribution in [3.8, 4) is 0 Å². The van der Waals surface area contributed by atoms with Crippen molar-refractivity contribution in [1.29, 1.82) is 0 Å². The third-order valence-corrected chi connectivity index (χ3v) is 6.31. The van der Waals surface area contributed by atoms with Gasteiger partial charge in [-0.15, -0.1) is 0 Å². The van der Waals surface area contributed by atoms with Crippen molar-refractivity contribution in [2.75, 3.05) is 10.0 Å². The van der Waals surface area contributed by atoms with Gasteiger partial charge in [-0.2, -0.15) is 5.10 Å². The number of carbonyl (C=O) groups excluding carboxylic acids is 1. The van der Waals surface area contributed by atoms with Gasteiger partial charge < -0.3 is 15.4 Å². The number of carbonyl (C=O) groups is 1. The summed E-state index contributed by atoms with van der Waals surface area (Å²) in [5.74, 6) is 0.905. The van der Waals surface area contributed by atoms with Crippen molar-refractivity contribution in [2.24, 2.45) is 0 Å². The van der Waals surface area contributed by atoms with E-state index in [1.165, 1.54) is 0 Å². The Morgan fingerprint density at radius 3 is 2.82 bits per heavy atom. The molecular formula is C18H23N5O4S. The molecule has 0 spiro atoms. The Kier molecular flexibility index (Phi) is 4.66. The lowest BCUT2D eigenvalue weighted by molar-refractivity contribution is 0.0981. The summed E-state index contributed by atoms with van der Waals surface area (Å²) in [5.41, 5.74) is 2.32. The SMILES string of the molecule is CC(C)NC(=O)O[C@@H]1CC[C@H](c2cc(Nc3ccc4c(c3)NS4(=O)=O)n[nH]2)C1. The monoisotopic (exact) mass is 405 g/mol. The number of nitrogens with zero attached hydrogens (tertiary/aromatic N) is 1. The Labute approximate surface area is 163 Å². The van der Waals surface area contributed by atoms with E-state index in [1.807, 2.05) is 19.9 Å². The molecule has 0 unspecified atom stereocenters. The summed E-state index contributed by atoms with van der Waals surface area (Å²) in [5, 5.41) is 13.2. The number of ether oxygens (including phenoxy) is 1. The van der Waals surface area contributed by atoms with Crippen LogP contribution in [0.1, 0.15) is 44.7 Å². The Morgan fingerprint density at radius 1 is 1.29 bits per heavy atom. The number of fused-ring (bicyclic) bond motifs is 1.